The highest BCUT2D eigenvalue weighted by Crippen LogP contribution is 2.35. The molecule has 2 aromatic heterocycles. The van der Waals surface area contributed by atoms with E-state index in [-0.39, 0.29) is 11.7 Å². The number of anilines is 1. The molecule has 0 aliphatic rings. The Hall–Kier alpha value is -3.91. The van der Waals surface area contributed by atoms with Crippen LogP contribution < -0.4 is 10.1 Å². The fourth-order valence-corrected chi connectivity index (χ4v) is 4.05. The van der Waals surface area contributed by atoms with Gasteiger partial charge in [0.15, 0.2) is 5.16 Å². The van der Waals surface area contributed by atoms with Gasteiger partial charge in [0.2, 0.25) is 5.91 Å². The van der Waals surface area contributed by atoms with Crippen LogP contribution in [0.15, 0.2) is 78.1 Å². The molecule has 1 amide bonds. The molecule has 6 nitrogen and oxygen atoms in total. The number of nitrogens with zero attached hydrogens (tertiary/aromatic N) is 3. The molecule has 0 saturated carbocycles. The monoisotopic (exact) mass is 474 g/mol. The Balaban J connectivity index is 1.60. The van der Waals surface area contributed by atoms with E-state index in [1.165, 1.54) is 30.0 Å². The molecule has 4 rings (SSSR count). The Morgan fingerprint density at radius 1 is 1.09 bits per heavy atom. The second kappa shape index (κ2) is 10.4. The van der Waals surface area contributed by atoms with E-state index < -0.39 is 0 Å². The summed E-state index contributed by atoms with van der Waals surface area (Å²) in [5.74, 6) is 0.568. The second-order valence-corrected chi connectivity index (χ2v) is 8.16. The average molecular weight is 475 g/mol. The summed E-state index contributed by atoms with van der Waals surface area (Å²) in [7, 11) is 3.53. The van der Waals surface area contributed by atoms with Crippen molar-refractivity contribution in [1.82, 2.24) is 14.5 Å². The highest BCUT2D eigenvalue weighted by atomic mass is 32.2. The number of amides is 1. The van der Waals surface area contributed by atoms with Crippen molar-refractivity contribution in [1.29, 1.82) is 0 Å². The molecule has 0 atom stereocenters. The molecule has 2 heterocycles. The summed E-state index contributed by atoms with van der Waals surface area (Å²) in [6.07, 6.45) is 6.76. The number of nitrogens with one attached hydrogen (secondary N) is 1. The zero-order valence-corrected chi connectivity index (χ0v) is 19.8. The van der Waals surface area contributed by atoms with Crippen molar-refractivity contribution < 1.29 is 13.9 Å². The quantitative estimate of drug-likeness (QED) is 0.276. The second-order valence-electron chi connectivity index (χ2n) is 7.39. The zero-order chi connectivity index (χ0) is 24.1. The van der Waals surface area contributed by atoms with Crippen LogP contribution >= 0.6 is 11.8 Å². The molecule has 0 aliphatic heterocycles. The first kappa shape index (κ1) is 23.3. The van der Waals surface area contributed by atoms with Crippen LogP contribution in [0.2, 0.25) is 0 Å². The van der Waals surface area contributed by atoms with Crippen LogP contribution in [0.1, 0.15) is 5.56 Å². The van der Waals surface area contributed by atoms with Gasteiger partial charge in [-0.05, 0) is 66.4 Å². The van der Waals surface area contributed by atoms with Crippen molar-refractivity contribution in [3.63, 3.8) is 0 Å². The van der Waals surface area contributed by atoms with Crippen LogP contribution in [0.3, 0.4) is 0 Å². The maximum Gasteiger partial charge on any atom is 0.249 e. The Morgan fingerprint density at radius 3 is 2.50 bits per heavy atom. The van der Waals surface area contributed by atoms with Crippen LogP contribution in [0, 0.1) is 5.82 Å². The summed E-state index contributed by atoms with van der Waals surface area (Å²) in [6.45, 7) is 0. The van der Waals surface area contributed by atoms with E-state index >= 15 is 0 Å². The molecular formula is C26H23FN4O2S. The minimum absolute atomic E-state index is 0.297. The van der Waals surface area contributed by atoms with Gasteiger partial charge in [0, 0.05) is 30.4 Å². The lowest BCUT2D eigenvalue weighted by molar-refractivity contribution is -0.111. The molecular weight excluding hydrogens is 451 g/mol. The molecule has 0 fully saturated rings. The van der Waals surface area contributed by atoms with E-state index in [0.29, 0.717) is 5.82 Å². The highest BCUT2D eigenvalue weighted by molar-refractivity contribution is 7.98. The first-order valence-electron chi connectivity index (χ1n) is 10.4. The van der Waals surface area contributed by atoms with Crippen LogP contribution in [0.5, 0.6) is 5.75 Å². The molecule has 2 aromatic carbocycles. The maximum atomic E-state index is 13.5. The number of imidazole rings is 1. The van der Waals surface area contributed by atoms with Gasteiger partial charge >= 0.3 is 0 Å². The number of rotatable bonds is 7. The fourth-order valence-electron chi connectivity index (χ4n) is 3.50. The van der Waals surface area contributed by atoms with Gasteiger partial charge in [-0.15, -0.1) is 0 Å². The lowest BCUT2D eigenvalue weighted by Crippen LogP contribution is -2.09. The summed E-state index contributed by atoms with van der Waals surface area (Å²) in [5.41, 5.74) is 4.09. The van der Waals surface area contributed by atoms with Crippen molar-refractivity contribution >= 4 is 29.6 Å². The van der Waals surface area contributed by atoms with Crippen molar-refractivity contribution in [3.05, 3.63) is 84.3 Å². The number of carbonyl (C=O) groups excluding carboxylic acids is 1. The van der Waals surface area contributed by atoms with Crippen LogP contribution in [-0.4, -0.2) is 33.8 Å². The molecule has 34 heavy (non-hydrogen) atoms. The van der Waals surface area contributed by atoms with Gasteiger partial charge in [0.25, 0.3) is 0 Å². The van der Waals surface area contributed by atoms with Crippen LogP contribution in [0.4, 0.5) is 10.2 Å². The fraction of sp³-hybridized carbons (Fsp3) is 0.115. The largest absolute Gasteiger partial charge is 0.497 e. The number of carbonyl (C=O) groups is 1. The Bertz CT molecular complexity index is 1330. The van der Waals surface area contributed by atoms with Crippen molar-refractivity contribution in [2.75, 3.05) is 18.7 Å². The van der Waals surface area contributed by atoms with Crippen molar-refractivity contribution in [3.8, 4) is 28.3 Å². The number of ether oxygens (including phenoxy) is 1. The number of aromatic nitrogens is 3. The molecule has 0 bridgehead atoms. The van der Waals surface area contributed by atoms with Crippen molar-refractivity contribution in [2.45, 2.75) is 5.16 Å². The maximum absolute atomic E-state index is 13.5. The highest BCUT2D eigenvalue weighted by Gasteiger charge is 2.18. The topological polar surface area (TPSA) is 69.0 Å². The minimum atomic E-state index is -0.303. The van der Waals surface area contributed by atoms with E-state index in [9.17, 15) is 9.18 Å². The first-order valence-corrected chi connectivity index (χ1v) is 11.7. The lowest BCUT2D eigenvalue weighted by atomic mass is 10.1. The third-order valence-corrected chi connectivity index (χ3v) is 5.91. The molecule has 0 radical (unpaired) electrons. The molecule has 172 valence electrons. The average Bonchev–Trinajstić information content (AvgIpc) is 3.19. The number of thioether (sulfide) groups is 1. The van der Waals surface area contributed by atoms with Crippen LogP contribution in [0.25, 0.3) is 28.6 Å². The zero-order valence-electron chi connectivity index (χ0n) is 18.9. The Kier molecular flexibility index (Phi) is 7.08. The van der Waals surface area contributed by atoms with Gasteiger partial charge in [0.05, 0.1) is 18.5 Å². The molecule has 8 heteroatoms. The predicted molar refractivity (Wildman–Crippen MR) is 134 cm³/mol. The van der Waals surface area contributed by atoms with E-state index in [4.69, 9.17) is 9.72 Å². The summed E-state index contributed by atoms with van der Waals surface area (Å²) in [5, 5.41) is 3.62. The van der Waals surface area contributed by atoms with Gasteiger partial charge in [-0.25, -0.2) is 14.4 Å². The summed E-state index contributed by atoms with van der Waals surface area (Å²) >= 11 is 1.52. The number of halogens is 1. The molecule has 0 unspecified atom stereocenters. The summed E-state index contributed by atoms with van der Waals surface area (Å²) < 4.78 is 20.6. The van der Waals surface area contributed by atoms with Gasteiger partial charge < -0.3 is 14.6 Å². The number of methoxy groups -OCH3 is 1. The van der Waals surface area contributed by atoms with Gasteiger partial charge in [-0.3, -0.25) is 4.79 Å². The third kappa shape index (κ3) is 5.18. The Labute approximate surface area is 201 Å². The normalized spacial score (nSPS) is 11.1. The third-order valence-electron chi connectivity index (χ3n) is 5.18. The molecule has 0 spiro atoms. The van der Waals surface area contributed by atoms with Crippen molar-refractivity contribution in [2.24, 2.45) is 7.05 Å². The number of benzene rings is 2. The molecule has 1 N–H and O–H groups in total. The number of hydrogen-bond acceptors (Lipinski definition) is 5. The SMILES string of the molecule is COc1ccc(/C=C/C(=O)Nc2cc(-c3c(-c4ccc(F)cc4)nc(SC)n3C)ccn2)cc1. The van der Waals surface area contributed by atoms with E-state index in [0.717, 1.165) is 39.0 Å². The number of hydrogen-bond donors (Lipinski definition) is 1. The van der Waals surface area contributed by atoms with E-state index in [2.05, 4.69) is 10.3 Å². The van der Waals surface area contributed by atoms with Gasteiger partial charge in [-0.1, -0.05) is 23.9 Å². The lowest BCUT2D eigenvalue weighted by Gasteiger charge is -2.09. The standard InChI is InChI=1S/C26H23FN4O2S/c1-31-25(24(30-26(31)34-3)18-7-9-20(27)10-8-18)19-14-15-28-22(16-19)29-23(32)13-6-17-4-11-21(33-2)12-5-17/h4-16H,1-3H3,(H,28,29,32)/b13-6+. The van der Waals surface area contributed by atoms with Gasteiger partial charge in [0.1, 0.15) is 17.4 Å². The molecule has 0 saturated heterocycles. The molecule has 0 aliphatic carbocycles. The Morgan fingerprint density at radius 2 is 1.82 bits per heavy atom. The van der Waals surface area contributed by atoms with E-state index in [1.54, 1.807) is 37.6 Å². The first-order chi connectivity index (χ1) is 16.5. The summed E-state index contributed by atoms with van der Waals surface area (Å²) in [6, 6.07) is 17.3. The smallest absolute Gasteiger partial charge is 0.249 e. The van der Waals surface area contributed by atoms with Crippen LogP contribution in [-0.2, 0) is 11.8 Å². The minimum Gasteiger partial charge on any atom is -0.497 e. The summed E-state index contributed by atoms with van der Waals surface area (Å²) in [4.78, 5) is 21.5. The molecule has 4 aromatic rings. The van der Waals surface area contributed by atoms with Gasteiger partial charge in [-0.2, -0.15) is 0 Å². The number of pyridine rings is 1. The predicted octanol–water partition coefficient (Wildman–Crippen LogP) is 5.67. The van der Waals surface area contributed by atoms with E-state index in [1.807, 2.05) is 48.2 Å².